The molecule has 14 heteroatoms. The summed E-state index contributed by atoms with van der Waals surface area (Å²) in [5, 5.41) is 71.9. The first-order valence-corrected chi connectivity index (χ1v) is 26.4. The molecule has 0 amide bonds. The zero-order valence-corrected chi connectivity index (χ0v) is 41.2. The van der Waals surface area contributed by atoms with E-state index in [4.69, 9.17) is 28.4 Å². The summed E-state index contributed by atoms with van der Waals surface area (Å²) in [5.74, 6) is -0.377. The van der Waals surface area contributed by atoms with Crippen molar-refractivity contribution in [2.45, 2.75) is 268 Å². The molecule has 0 bridgehead atoms. The van der Waals surface area contributed by atoms with Crippen LogP contribution < -0.4 is 0 Å². The van der Waals surface area contributed by atoms with Gasteiger partial charge in [-0.05, 0) is 44.9 Å². The zero-order chi connectivity index (χ0) is 48.0. The Morgan fingerprint density at radius 1 is 0.500 bits per heavy atom. The Morgan fingerprint density at radius 3 is 1.45 bits per heavy atom. The summed E-state index contributed by atoms with van der Waals surface area (Å²) in [7, 11) is 0. The van der Waals surface area contributed by atoms with Gasteiger partial charge in [-0.15, -0.1) is 0 Å². The molecule has 0 saturated carbocycles. The highest BCUT2D eigenvalue weighted by atomic mass is 16.7. The van der Waals surface area contributed by atoms with Crippen LogP contribution >= 0.6 is 0 Å². The van der Waals surface area contributed by atoms with E-state index in [0.29, 0.717) is 13.0 Å². The Bertz CT molecular complexity index is 1190. The second kappa shape index (κ2) is 40.2. The van der Waals surface area contributed by atoms with E-state index < -0.39 is 80.7 Å². The largest absolute Gasteiger partial charge is 0.457 e. The van der Waals surface area contributed by atoms with E-state index in [1.165, 1.54) is 128 Å². The second-order valence-electron chi connectivity index (χ2n) is 18.7. The van der Waals surface area contributed by atoms with Crippen LogP contribution in [-0.4, -0.2) is 142 Å². The quantitative estimate of drug-likeness (QED) is 0.0175. The van der Waals surface area contributed by atoms with Gasteiger partial charge in [0.05, 0.1) is 26.4 Å². The first kappa shape index (κ1) is 60.6. The van der Waals surface area contributed by atoms with E-state index in [1.807, 2.05) is 0 Å². The fourth-order valence-electron chi connectivity index (χ4n) is 8.37. The van der Waals surface area contributed by atoms with Crippen molar-refractivity contribution in [3.05, 3.63) is 24.3 Å². The summed E-state index contributed by atoms with van der Waals surface area (Å²) in [6, 6.07) is 0. The lowest BCUT2D eigenvalue weighted by Gasteiger charge is -2.42. The molecule has 11 atom stereocenters. The first-order chi connectivity index (χ1) is 32.1. The number of hydrogen-bond donors (Lipinski definition) is 7. The minimum atomic E-state index is -1.70. The van der Waals surface area contributed by atoms with Gasteiger partial charge in [-0.25, -0.2) is 0 Å². The van der Waals surface area contributed by atoms with Crippen molar-refractivity contribution in [3.8, 4) is 0 Å². The van der Waals surface area contributed by atoms with Crippen molar-refractivity contribution in [2.24, 2.45) is 0 Å². The molecule has 2 rings (SSSR count). The summed E-state index contributed by atoms with van der Waals surface area (Å²) in [5.41, 5.74) is 0. The molecule has 0 radical (unpaired) electrons. The van der Waals surface area contributed by atoms with Crippen LogP contribution in [0.25, 0.3) is 0 Å². The van der Waals surface area contributed by atoms with E-state index >= 15 is 0 Å². The van der Waals surface area contributed by atoms with E-state index in [2.05, 4.69) is 38.2 Å². The van der Waals surface area contributed by atoms with E-state index in [9.17, 15) is 40.5 Å². The minimum Gasteiger partial charge on any atom is -0.457 e. The van der Waals surface area contributed by atoms with Crippen molar-refractivity contribution < 1.29 is 69.0 Å². The predicted octanol–water partition coefficient (Wildman–Crippen LogP) is 8.02. The van der Waals surface area contributed by atoms with Gasteiger partial charge < -0.3 is 64.2 Å². The molecule has 0 aromatic rings. The van der Waals surface area contributed by atoms with Crippen LogP contribution in [0.3, 0.4) is 0 Å². The Labute approximate surface area is 398 Å². The average Bonchev–Trinajstić information content (AvgIpc) is 3.31. The number of allylic oxidation sites excluding steroid dienone is 4. The lowest BCUT2D eigenvalue weighted by Crippen LogP contribution is -2.61. The van der Waals surface area contributed by atoms with Crippen molar-refractivity contribution >= 4 is 5.97 Å². The van der Waals surface area contributed by atoms with E-state index in [-0.39, 0.29) is 25.6 Å². The number of aliphatic hydroxyl groups excluding tert-OH is 7. The topological polar surface area (TPSA) is 214 Å². The number of esters is 1. The fraction of sp³-hybridized carbons (Fsp3) is 0.904. The predicted molar refractivity (Wildman–Crippen MR) is 257 cm³/mol. The number of carbonyl (C=O) groups excluding carboxylic acids is 1. The van der Waals surface area contributed by atoms with E-state index in [0.717, 1.165) is 44.9 Å². The third-order valence-electron chi connectivity index (χ3n) is 12.7. The maximum absolute atomic E-state index is 13.0. The molecule has 66 heavy (non-hydrogen) atoms. The molecule has 0 aliphatic carbocycles. The SMILES string of the molecule is CCCCCCC/C=C\C/C=C\CCCCCCCCCCCCCCCC(=O)OC(COCCCCCCCCC)COC1OC(COC2OC(CO)C(O)C(O)C2O)C(O)C(O)C1O. The Balaban J connectivity index is 1.64. The molecule has 7 N–H and O–H groups in total. The molecule has 11 unspecified atom stereocenters. The molecule has 14 nitrogen and oxygen atoms in total. The molecule has 0 aromatic heterocycles. The van der Waals surface area contributed by atoms with Gasteiger partial charge in [-0.3, -0.25) is 4.79 Å². The summed E-state index contributed by atoms with van der Waals surface area (Å²) in [6.45, 7) is 3.65. The van der Waals surface area contributed by atoms with Gasteiger partial charge in [0.25, 0.3) is 0 Å². The molecule has 2 aliphatic heterocycles. The molecule has 388 valence electrons. The lowest BCUT2D eigenvalue weighted by atomic mass is 9.98. The highest BCUT2D eigenvalue weighted by Gasteiger charge is 2.47. The fourth-order valence-corrected chi connectivity index (χ4v) is 8.37. The Hall–Kier alpha value is -1.53. The highest BCUT2D eigenvalue weighted by Crippen LogP contribution is 2.26. The molecular formula is C52H96O14. The number of rotatable bonds is 42. The van der Waals surface area contributed by atoms with Crippen LogP contribution in [0.1, 0.15) is 200 Å². The van der Waals surface area contributed by atoms with Gasteiger partial charge in [0.1, 0.15) is 54.9 Å². The monoisotopic (exact) mass is 945 g/mol. The standard InChI is InChI=1S/C52H96O14/c1-3-5-7-9-11-12-13-14-15-16-17-18-19-20-21-22-23-24-25-26-27-28-29-31-33-35-44(54)64-41(38-61-36-34-32-30-10-8-6-4-2)39-62-51-50(60)48(58)46(56)43(66-51)40-63-52-49(59)47(57)45(55)42(37-53)65-52/h13-14,16-17,41-43,45-53,55-60H,3-12,15,18-40H2,1-2H3/b14-13-,17-16-. The highest BCUT2D eigenvalue weighted by molar-refractivity contribution is 5.69. The second-order valence-corrected chi connectivity index (χ2v) is 18.7. The summed E-state index contributed by atoms with van der Waals surface area (Å²) in [4.78, 5) is 13.0. The minimum absolute atomic E-state index is 0.0640. The maximum atomic E-state index is 13.0. The number of ether oxygens (including phenoxy) is 6. The summed E-state index contributed by atoms with van der Waals surface area (Å²) >= 11 is 0. The van der Waals surface area contributed by atoms with Gasteiger partial charge >= 0.3 is 5.97 Å². The third kappa shape index (κ3) is 27.6. The van der Waals surface area contributed by atoms with Crippen LogP contribution in [0, 0.1) is 0 Å². The number of carbonyl (C=O) groups is 1. The van der Waals surface area contributed by atoms with Gasteiger partial charge in [0, 0.05) is 13.0 Å². The molecular weight excluding hydrogens is 849 g/mol. The average molecular weight is 945 g/mol. The van der Waals surface area contributed by atoms with Crippen molar-refractivity contribution in [3.63, 3.8) is 0 Å². The van der Waals surface area contributed by atoms with Crippen LogP contribution in [0.5, 0.6) is 0 Å². The number of unbranched alkanes of at least 4 members (excludes halogenated alkanes) is 24. The van der Waals surface area contributed by atoms with Crippen LogP contribution in [-0.2, 0) is 33.2 Å². The van der Waals surface area contributed by atoms with Crippen molar-refractivity contribution in [2.75, 3.05) is 33.0 Å². The molecule has 2 aliphatic rings. The third-order valence-corrected chi connectivity index (χ3v) is 12.7. The van der Waals surface area contributed by atoms with Crippen molar-refractivity contribution in [1.82, 2.24) is 0 Å². The van der Waals surface area contributed by atoms with Crippen LogP contribution in [0.2, 0.25) is 0 Å². The molecule has 0 aromatic carbocycles. The van der Waals surface area contributed by atoms with Gasteiger partial charge in [-0.2, -0.15) is 0 Å². The van der Waals surface area contributed by atoms with Crippen LogP contribution in [0.15, 0.2) is 24.3 Å². The van der Waals surface area contributed by atoms with Crippen LogP contribution in [0.4, 0.5) is 0 Å². The molecule has 2 heterocycles. The maximum Gasteiger partial charge on any atom is 0.306 e. The Morgan fingerprint density at radius 2 is 0.939 bits per heavy atom. The van der Waals surface area contributed by atoms with Crippen molar-refractivity contribution in [1.29, 1.82) is 0 Å². The zero-order valence-electron chi connectivity index (χ0n) is 41.2. The summed E-state index contributed by atoms with van der Waals surface area (Å²) < 4.78 is 34.1. The Kier molecular flexibility index (Phi) is 36.9. The van der Waals surface area contributed by atoms with Gasteiger partial charge in [0.2, 0.25) is 0 Å². The molecule has 2 fully saturated rings. The normalized spacial score (nSPS) is 26.4. The number of hydrogen-bond acceptors (Lipinski definition) is 14. The van der Waals surface area contributed by atoms with Gasteiger partial charge in [0.15, 0.2) is 12.6 Å². The smallest absolute Gasteiger partial charge is 0.306 e. The lowest BCUT2D eigenvalue weighted by molar-refractivity contribution is -0.332. The number of aliphatic hydroxyl groups is 7. The van der Waals surface area contributed by atoms with Gasteiger partial charge in [-0.1, -0.05) is 173 Å². The first-order valence-electron chi connectivity index (χ1n) is 26.4. The molecule has 2 saturated heterocycles. The molecule has 0 spiro atoms. The summed E-state index contributed by atoms with van der Waals surface area (Å²) in [6.07, 6.45) is 27.0. The van der Waals surface area contributed by atoms with E-state index in [1.54, 1.807) is 0 Å².